The zero-order valence-electron chi connectivity index (χ0n) is 11.0. The van der Waals surface area contributed by atoms with Gasteiger partial charge in [0, 0.05) is 4.47 Å². The minimum absolute atomic E-state index is 0.0287. The van der Waals surface area contributed by atoms with Crippen LogP contribution in [0.25, 0.3) is 0 Å². The number of carbonyl (C=O) groups is 1. The first-order valence-electron chi connectivity index (χ1n) is 6.07. The van der Waals surface area contributed by atoms with Crippen molar-refractivity contribution in [2.24, 2.45) is 0 Å². The van der Waals surface area contributed by atoms with Crippen molar-refractivity contribution in [2.45, 2.75) is 12.8 Å². The van der Waals surface area contributed by atoms with Crippen LogP contribution in [0.3, 0.4) is 0 Å². The molecule has 0 aliphatic heterocycles. The van der Waals surface area contributed by atoms with E-state index in [9.17, 15) is 22.4 Å². The highest BCUT2D eigenvalue weighted by molar-refractivity contribution is 9.10. The molecule has 0 N–H and O–H groups in total. The van der Waals surface area contributed by atoms with Crippen molar-refractivity contribution >= 4 is 21.7 Å². The van der Waals surface area contributed by atoms with Crippen LogP contribution in [0.4, 0.5) is 17.6 Å². The summed E-state index contributed by atoms with van der Waals surface area (Å²) in [5, 5.41) is 0. The third-order valence-electron chi connectivity index (χ3n) is 2.78. The van der Waals surface area contributed by atoms with E-state index in [2.05, 4.69) is 15.9 Å². The first kappa shape index (κ1) is 16.5. The van der Waals surface area contributed by atoms with E-state index in [1.54, 1.807) is 30.3 Å². The van der Waals surface area contributed by atoms with Crippen molar-refractivity contribution < 1.29 is 27.1 Å². The van der Waals surface area contributed by atoms with Crippen LogP contribution in [0, 0.1) is 5.82 Å². The van der Waals surface area contributed by atoms with E-state index in [0.717, 1.165) is 12.1 Å². The topological polar surface area (TPSA) is 26.3 Å². The second-order valence-electron chi connectivity index (χ2n) is 4.34. The van der Waals surface area contributed by atoms with Gasteiger partial charge in [-0.2, -0.15) is 13.2 Å². The van der Waals surface area contributed by atoms with Gasteiger partial charge in [-0.3, -0.25) is 4.79 Å². The highest BCUT2D eigenvalue weighted by Crippen LogP contribution is 2.33. The summed E-state index contributed by atoms with van der Waals surface area (Å²) < 4.78 is 56.5. The van der Waals surface area contributed by atoms with Gasteiger partial charge in [0.2, 0.25) is 0 Å². The lowest BCUT2D eigenvalue weighted by atomic mass is 10.1. The predicted molar refractivity (Wildman–Crippen MR) is 75.3 cm³/mol. The average molecular weight is 377 g/mol. The van der Waals surface area contributed by atoms with E-state index in [-0.39, 0.29) is 11.1 Å². The first-order chi connectivity index (χ1) is 10.3. The number of alkyl halides is 3. The monoisotopic (exact) mass is 376 g/mol. The smallest absolute Gasteiger partial charge is 0.455 e. The van der Waals surface area contributed by atoms with Crippen LogP contribution in [0.1, 0.15) is 15.9 Å². The Kier molecular flexibility index (Phi) is 4.85. The normalized spacial score (nSPS) is 11.3. The predicted octanol–water partition coefficient (Wildman–Crippen LogP) is 4.91. The minimum Gasteiger partial charge on any atom is -0.486 e. The van der Waals surface area contributed by atoms with Gasteiger partial charge in [-0.25, -0.2) is 4.39 Å². The van der Waals surface area contributed by atoms with Crippen molar-refractivity contribution in [1.82, 2.24) is 0 Å². The van der Waals surface area contributed by atoms with Crippen molar-refractivity contribution in [1.29, 1.82) is 0 Å². The number of hydrogen-bond acceptors (Lipinski definition) is 2. The molecular formula is C15H9BrF4O2. The molecule has 2 aromatic rings. The minimum atomic E-state index is -5.17. The lowest BCUT2D eigenvalue weighted by Crippen LogP contribution is -2.24. The van der Waals surface area contributed by atoms with Crippen LogP contribution < -0.4 is 4.74 Å². The van der Waals surface area contributed by atoms with E-state index in [0.29, 0.717) is 5.56 Å². The van der Waals surface area contributed by atoms with Crippen LogP contribution in [0.15, 0.2) is 46.9 Å². The molecule has 0 heterocycles. The van der Waals surface area contributed by atoms with Gasteiger partial charge in [0.1, 0.15) is 6.61 Å². The van der Waals surface area contributed by atoms with Crippen molar-refractivity contribution in [3.05, 3.63) is 63.9 Å². The van der Waals surface area contributed by atoms with Crippen LogP contribution in [-0.4, -0.2) is 12.0 Å². The Morgan fingerprint density at radius 1 is 1.09 bits per heavy atom. The molecule has 0 aliphatic carbocycles. The van der Waals surface area contributed by atoms with Gasteiger partial charge in [-0.15, -0.1) is 0 Å². The lowest BCUT2D eigenvalue weighted by Gasteiger charge is -2.12. The molecule has 0 aromatic heterocycles. The molecule has 2 nitrogen and oxygen atoms in total. The van der Waals surface area contributed by atoms with Gasteiger partial charge < -0.3 is 4.74 Å². The fourth-order valence-electron chi connectivity index (χ4n) is 1.73. The Hall–Kier alpha value is -1.89. The van der Waals surface area contributed by atoms with Crippen LogP contribution in [-0.2, 0) is 6.61 Å². The molecule has 116 valence electrons. The zero-order chi connectivity index (χ0) is 16.3. The van der Waals surface area contributed by atoms with Crippen molar-refractivity contribution in [3.8, 4) is 5.75 Å². The standard InChI is InChI=1S/C15H9BrF4O2/c16-10-6-7-11(22-8-9-4-2-1-3-5-9)13(17)12(10)14(21)15(18,19)20/h1-7H,8H2. The summed E-state index contributed by atoms with van der Waals surface area (Å²) in [5.41, 5.74) is -0.369. The third kappa shape index (κ3) is 3.65. The number of halogens is 5. The molecule has 0 fully saturated rings. The summed E-state index contributed by atoms with van der Waals surface area (Å²) in [6.45, 7) is -0.0287. The fraction of sp³-hybridized carbons (Fsp3) is 0.133. The Morgan fingerprint density at radius 2 is 1.73 bits per heavy atom. The number of rotatable bonds is 4. The molecule has 7 heteroatoms. The van der Waals surface area contributed by atoms with Gasteiger partial charge in [-0.05, 0) is 33.6 Å². The van der Waals surface area contributed by atoms with Crippen LogP contribution in [0.2, 0.25) is 0 Å². The molecule has 0 unspecified atom stereocenters. The molecule has 2 rings (SSSR count). The number of ketones is 1. The Morgan fingerprint density at radius 3 is 2.32 bits per heavy atom. The maximum absolute atomic E-state index is 14.1. The van der Waals surface area contributed by atoms with Gasteiger partial charge in [0.15, 0.2) is 11.6 Å². The lowest BCUT2D eigenvalue weighted by molar-refractivity contribution is -0.0888. The average Bonchev–Trinajstić information content (AvgIpc) is 2.46. The van der Waals surface area contributed by atoms with Crippen molar-refractivity contribution in [2.75, 3.05) is 0 Å². The first-order valence-corrected chi connectivity index (χ1v) is 6.86. The molecule has 22 heavy (non-hydrogen) atoms. The number of hydrogen-bond donors (Lipinski definition) is 0. The summed E-state index contributed by atoms with van der Waals surface area (Å²) in [7, 11) is 0. The highest BCUT2D eigenvalue weighted by atomic mass is 79.9. The summed E-state index contributed by atoms with van der Waals surface area (Å²) >= 11 is 2.75. The number of carbonyl (C=O) groups excluding carboxylic acids is 1. The van der Waals surface area contributed by atoms with E-state index >= 15 is 0 Å². The summed E-state index contributed by atoms with van der Waals surface area (Å²) in [6, 6.07) is 11.0. The maximum Gasteiger partial charge on any atom is 0.455 e. The summed E-state index contributed by atoms with van der Waals surface area (Å²) in [5.74, 6) is -4.02. The van der Waals surface area contributed by atoms with Gasteiger partial charge in [-0.1, -0.05) is 30.3 Å². The molecule has 0 saturated heterocycles. The Labute approximate surface area is 131 Å². The van der Waals surface area contributed by atoms with E-state index < -0.39 is 29.1 Å². The van der Waals surface area contributed by atoms with Crippen LogP contribution in [0.5, 0.6) is 5.75 Å². The number of ether oxygens (including phenoxy) is 1. The largest absolute Gasteiger partial charge is 0.486 e. The molecule has 0 radical (unpaired) electrons. The van der Waals surface area contributed by atoms with E-state index in [4.69, 9.17) is 4.74 Å². The summed E-state index contributed by atoms with van der Waals surface area (Å²) in [4.78, 5) is 11.3. The number of Topliss-reactive ketones (excluding diaryl/α,β-unsaturated/α-hetero) is 1. The summed E-state index contributed by atoms with van der Waals surface area (Å²) in [6.07, 6.45) is -5.17. The Bertz CT molecular complexity index is 684. The van der Waals surface area contributed by atoms with Gasteiger partial charge in [0.05, 0.1) is 5.56 Å². The molecule has 0 bridgehead atoms. The second kappa shape index (κ2) is 6.48. The van der Waals surface area contributed by atoms with E-state index in [1.165, 1.54) is 0 Å². The quantitative estimate of drug-likeness (QED) is 0.559. The van der Waals surface area contributed by atoms with Crippen molar-refractivity contribution in [3.63, 3.8) is 0 Å². The number of benzene rings is 2. The van der Waals surface area contributed by atoms with Crippen LogP contribution >= 0.6 is 15.9 Å². The molecule has 0 spiro atoms. The highest BCUT2D eigenvalue weighted by Gasteiger charge is 2.42. The zero-order valence-corrected chi connectivity index (χ0v) is 12.5. The molecule has 0 amide bonds. The maximum atomic E-state index is 14.1. The second-order valence-corrected chi connectivity index (χ2v) is 5.19. The third-order valence-corrected chi connectivity index (χ3v) is 3.44. The molecule has 0 atom stereocenters. The molecule has 0 saturated carbocycles. The molecule has 0 aliphatic rings. The Balaban J connectivity index is 2.29. The van der Waals surface area contributed by atoms with Gasteiger partial charge in [0.25, 0.3) is 5.78 Å². The molecule has 2 aromatic carbocycles. The SMILES string of the molecule is O=C(c1c(Br)ccc(OCc2ccccc2)c1F)C(F)(F)F. The van der Waals surface area contributed by atoms with E-state index in [1.807, 2.05) is 0 Å². The van der Waals surface area contributed by atoms with Gasteiger partial charge >= 0.3 is 6.18 Å². The fourth-order valence-corrected chi connectivity index (χ4v) is 2.22. The molecular weight excluding hydrogens is 368 g/mol.